The number of esters is 1. The van der Waals surface area contributed by atoms with Gasteiger partial charge in [0, 0.05) is 18.6 Å². The van der Waals surface area contributed by atoms with E-state index in [-0.39, 0.29) is 18.7 Å². The Morgan fingerprint density at radius 2 is 1.33 bits per heavy atom. The molecule has 1 aromatic carbocycles. The smallest absolute Gasteiger partial charge is 0.305 e. The van der Waals surface area contributed by atoms with Crippen molar-refractivity contribution in [2.75, 3.05) is 6.61 Å². The fraction of sp³-hybridized carbons (Fsp3) is 0.724. The predicted molar refractivity (Wildman–Crippen MR) is 156 cm³/mol. The van der Waals surface area contributed by atoms with Crippen molar-refractivity contribution in [1.82, 2.24) is 5.32 Å². The van der Waals surface area contributed by atoms with Gasteiger partial charge in [-0.1, -0.05) is 120 Å². The van der Waals surface area contributed by atoms with Gasteiger partial charge in [-0.05, 0) is 24.1 Å². The van der Waals surface area contributed by atoms with Gasteiger partial charge in [0.05, 0.1) is 11.0 Å². The number of halogens is 2. The van der Waals surface area contributed by atoms with Crippen molar-refractivity contribution in [1.29, 1.82) is 0 Å². The van der Waals surface area contributed by atoms with Crippen LogP contribution in [0.3, 0.4) is 0 Å². The number of aliphatic hydroxyl groups excluding tert-OH is 1. The SMILES string of the molecule is CCCCCCCCCCCCCCCCCC(=O)OC[C@@H](NC(=O)C(Cl)Cl)[C@@H](O)c1ccc([N+](=O)[O-])cc1. The van der Waals surface area contributed by atoms with Gasteiger partial charge in [0.1, 0.15) is 12.7 Å². The Kier molecular flexibility index (Phi) is 19.7. The molecule has 10 heteroatoms. The maximum absolute atomic E-state index is 12.2. The highest BCUT2D eigenvalue weighted by molar-refractivity contribution is 6.53. The summed E-state index contributed by atoms with van der Waals surface area (Å²) >= 11 is 11.2. The van der Waals surface area contributed by atoms with Crippen LogP contribution in [-0.4, -0.2) is 39.4 Å². The monoisotopic (exact) mass is 588 g/mol. The minimum absolute atomic E-state index is 0.136. The molecule has 222 valence electrons. The summed E-state index contributed by atoms with van der Waals surface area (Å²) in [5.74, 6) is -1.17. The van der Waals surface area contributed by atoms with Crippen LogP contribution in [0.1, 0.15) is 121 Å². The highest BCUT2D eigenvalue weighted by atomic mass is 35.5. The average molecular weight is 590 g/mol. The summed E-state index contributed by atoms with van der Waals surface area (Å²) in [5, 5.41) is 24.0. The fourth-order valence-corrected chi connectivity index (χ4v) is 4.50. The second-order valence-electron chi connectivity index (χ2n) is 10.1. The molecule has 0 spiro atoms. The lowest BCUT2D eigenvalue weighted by Crippen LogP contribution is -2.45. The van der Waals surface area contributed by atoms with Crippen molar-refractivity contribution < 1.29 is 24.4 Å². The van der Waals surface area contributed by atoms with Crippen molar-refractivity contribution >= 4 is 40.8 Å². The van der Waals surface area contributed by atoms with Crippen molar-refractivity contribution in [2.24, 2.45) is 0 Å². The van der Waals surface area contributed by atoms with Crippen molar-refractivity contribution in [2.45, 2.75) is 127 Å². The Labute approximate surface area is 243 Å². The van der Waals surface area contributed by atoms with Crippen molar-refractivity contribution in [3.05, 3.63) is 39.9 Å². The molecule has 0 aliphatic heterocycles. The van der Waals surface area contributed by atoms with Gasteiger partial charge in [-0.15, -0.1) is 0 Å². The number of carbonyl (C=O) groups is 2. The van der Waals surface area contributed by atoms with Gasteiger partial charge in [0.25, 0.3) is 11.6 Å². The van der Waals surface area contributed by atoms with E-state index >= 15 is 0 Å². The lowest BCUT2D eigenvalue weighted by Gasteiger charge is -2.24. The van der Waals surface area contributed by atoms with Gasteiger partial charge in [-0.25, -0.2) is 0 Å². The largest absolute Gasteiger partial charge is 0.463 e. The molecule has 0 saturated carbocycles. The number of hydrogen-bond donors (Lipinski definition) is 2. The molecule has 0 unspecified atom stereocenters. The standard InChI is InChI=1S/C29H46Cl2N2O6/c1-2-3-4-5-6-7-8-9-10-11-12-13-14-15-16-17-26(34)39-22-25(32-29(36)28(30)31)27(35)23-18-20-24(21-19-23)33(37)38/h18-21,25,27-28,35H,2-17,22H2,1H3,(H,32,36)/t25-,27+/m1/s1. The molecule has 0 aliphatic rings. The van der Waals surface area contributed by atoms with Crippen LogP contribution >= 0.6 is 23.2 Å². The number of carbonyl (C=O) groups excluding carboxylic acids is 2. The number of benzene rings is 1. The van der Waals surface area contributed by atoms with Gasteiger partial charge in [-0.3, -0.25) is 19.7 Å². The number of non-ortho nitro benzene ring substituents is 1. The van der Waals surface area contributed by atoms with Crippen LogP contribution in [0.2, 0.25) is 0 Å². The average Bonchev–Trinajstić information content (AvgIpc) is 2.92. The molecule has 0 saturated heterocycles. The number of nitro groups is 1. The third-order valence-electron chi connectivity index (χ3n) is 6.76. The van der Waals surface area contributed by atoms with E-state index in [2.05, 4.69) is 12.2 Å². The summed E-state index contributed by atoms with van der Waals surface area (Å²) in [5.41, 5.74) is 0.174. The topological polar surface area (TPSA) is 119 Å². The molecule has 0 aromatic heterocycles. The summed E-state index contributed by atoms with van der Waals surface area (Å²) in [7, 11) is 0. The zero-order chi connectivity index (χ0) is 28.9. The van der Waals surface area contributed by atoms with Gasteiger partial charge < -0.3 is 15.2 Å². The van der Waals surface area contributed by atoms with E-state index in [4.69, 9.17) is 27.9 Å². The Balaban J connectivity index is 2.24. The zero-order valence-electron chi connectivity index (χ0n) is 23.3. The maximum Gasteiger partial charge on any atom is 0.305 e. The molecule has 1 amide bonds. The number of nitro benzene ring substituents is 1. The van der Waals surface area contributed by atoms with Crippen molar-refractivity contribution in [3.8, 4) is 0 Å². The molecule has 0 radical (unpaired) electrons. The Hall–Kier alpha value is -1.90. The van der Waals surface area contributed by atoms with Crippen LogP contribution in [0, 0.1) is 10.1 Å². The first kappa shape index (κ1) is 35.1. The van der Waals surface area contributed by atoms with Gasteiger partial charge in [0.15, 0.2) is 4.84 Å². The lowest BCUT2D eigenvalue weighted by atomic mass is 10.0. The van der Waals surface area contributed by atoms with E-state index in [0.717, 1.165) is 12.8 Å². The molecular weight excluding hydrogens is 543 g/mol. The molecule has 8 nitrogen and oxygen atoms in total. The molecule has 1 aromatic rings. The second kappa shape index (κ2) is 21.9. The molecule has 2 N–H and O–H groups in total. The summed E-state index contributed by atoms with van der Waals surface area (Å²) < 4.78 is 5.30. The van der Waals surface area contributed by atoms with E-state index in [9.17, 15) is 24.8 Å². The van der Waals surface area contributed by atoms with Crippen LogP contribution in [0.5, 0.6) is 0 Å². The maximum atomic E-state index is 12.2. The highest BCUT2D eigenvalue weighted by Crippen LogP contribution is 2.22. The minimum atomic E-state index is -1.37. The Morgan fingerprint density at radius 3 is 1.77 bits per heavy atom. The number of alkyl halides is 2. The first-order chi connectivity index (χ1) is 18.8. The number of hydrogen-bond acceptors (Lipinski definition) is 6. The zero-order valence-corrected chi connectivity index (χ0v) is 24.8. The summed E-state index contributed by atoms with van der Waals surface area (Å²) in [6.45, 7) is 1.96. The molecule has 1 rings (SSSR count). The van der Waals surface area contributed by atoms with Gasteiger partial charge >= 0.3 is 5.97 Å². The van der Waals surface area contributed by atoms with E-state index in [1.54, 1.807) is 0 Å². The first-order valence-corrected chi connectivity index (χ1v) is 15.3. The van der Waals surface area contributed by atoms with Crippen LogP contribution in [-0.2, 0) is 14.3 Å². The van der Waals surface area contributed by atoms with Crippen molar-refractivity contribution in [3.63, 3.8) is 0 Å². The number of nitrogens with zero attached hydrogens (tertiary/aromatic N) is 1. The van der Waals surface area contributed by atoms with Crippen LogP contribution < -0.4 is 5.32 Å². The van der Waals surface area contributed by atoms with Gasteiger partial charge in [0.2, 0.25) is 0 Å². The molecule has 0 aliphatic carbocycles. The molecule has 0 fully saturated rings. The Morgan fingerprint density at radius 1 is 0.872 bits per heavy atom. The highest BCUT2D eigenvalue weighted by Gasteiger charge is 2.27. The first-order valence-electron chi connectivity index (χ1n) is 14.4. The van der Waals surface area contributed by atoms with Gasteiger partial charge in [-0.2, -0.15) is 0 Å². The quantitative estimate of drug-likeness (QED) is 0.0444. The number of amides is 1. The number of unbranched alkanes of at least 4 members (excludes halogenated alkanes) is 14. The summed E-state index contributed by atoms with van der Waals surface area (Å²) in [6, 6.07) is 4.21. The van der Waals surface area contributed by atoms with E-state index in [0.29, 0.717) is 12.0 Å². The molecule has 39 heavy (non-hydrogen) atoms. The number of ether oxygens (including phenoxy) is 1. The lowest BCUT2D eigenvalue weighted by molar-refractivity contribution is -0.384. The molecule has 0 heterocycles. The van der Waals surface area contributed by atoms with E-state index in [1.165, 1.54) is 101 Å². The Bertz CT molecular complexity index is 823. The number of nitrogens with one attached hydrogen (secondary N) is 1. The summed E-state index contributed by atoms with van der Waals surface area (Å²) in [6.07, 6.45) is 17.5. The second-order valence-corrected chi connectivity index (χ2v) is 11.2. The molecule has 0 bridgehead atoms. The van der Waals surface area contributed by atoms with Crippen LogP contribution in [0.25, 0.3) is 0 Å². The van der Waals surface area contributed by atoms with Crippen LogP contribution in [0.15, 0.2) is 24.3 Å². The van der Waals surface area contributed by atoms with E-state index in [1.807, 2.05) is 0 Å². The molecule has 2 atom stereocenters. The number of aliphatic hydroxyl groups is 1. The third kappa shape index (κ3) is 16.7. The minimum Gasteiger partial charge on any atom is -0.463 e. The summed E-state index contributed by atoms with van der Waals surface area (Å²) in [4.78, 5) is 33.2. The van der Waals surface area contributed by atoms with E-state index < -0.39 is 33.8 Å². The number of rotatable bonds is 23. The molecular formula is C29H46Cl2N2O6. The van der Waals surface area contributed by atoms with Crippen LogP contribution in [0.4, 0.5) is 5.69 Å². The normalized spacial score (nSPS) is 12.7. The third-order valence-corrected chi connectivity index (χ3v) is 7.16. The predicted octanol–water partition coefficient (Wildman–Crippen LogP) is 7.72. The fourth-order valence-electron chi connectivity index (χ4n) is 4.38.